The van der Waals surface area contributed by atoms with Crippen LogP contribution in [0.1, 0.15) is 36.4 Å². The molecule has 2 atom stereocenters. The van der Waals surface area contributed by atoms with E-state index in [2.05, 4.69) is 33.8 Å². The Morgan fingerprint density at radius 1 is 1.21 bits per heavy atom. The summed E-state index contributed by atoms with van der Waals surface area (Å²) < 4.78 is 2.17. The predicted octanol–water partition coefficient (Wildman–Crippen LogP) is 3.45. The normalized spacial score (nSPS) is 18.1. The number of aromatic nitrogens is 2. The number of carbonyl (C=O) groups is 1. The molecule has 0 bridgehead atoms. The molecule has 2 unspecified atom stereocenters. The van der Waals surface area contributed by atoms with Gasteiger partial charge in [0, 0.05) is 31.4 Å². The molecular weight excluding hydrogens is 426 g/mol. The molecule has 0 aliphatic carbocycles. The third kappa shape index (κ3) is 4.17. The number of amides is 1. The van der Waals surface area contributed by atoms with Crippen LogP contribution < -0.4 is 4.90 Å². The van der Waals surface area contributed by atoms with Crippen molar-refractivity contribution in [2.45, 2.75) is 31.4 Å². The number of hydrogen-bond acceptors (Lipinski definition) is 5. The summed E-state index contributed by atoms with van der Waals surface area (Å²) in [4.78, 5) is 21.0. The highest BCUT2D eigenvalue weighted by molar-refractivity contribution is 5.81. The molecule has 1 saturated heterocycles. The molecule has 0 saturated carbocycles. The second-order valence-electron chi connectivity index (χ2n) is 9.33. The maximum atomic E-state index is 12.9. The van der Waals surface area contributed by atoms with Crippen molar-refractivity contribution in [1.29, 1.82) is 5.26 Å². The quantitative estimate of drug-likeness (QED) is 0.615. The van der Waals surface area contributed by atoms with Gasteiger partial charge >= 0.3 is 0 Å². The van der Waals surface area contributed by atoms with E-state index in [9.17, 15) is 9.90 Å². The number of benzene rings is 2. The van der Waals surface area contributed by atoms with Crippen LogP contribution in [0.15, 0.2) is 61.1 Å². The Kier molecular flexibility index (Phi) is 6.08. The molecule has 0 spiro atoms. The van der Waals surface area contributed by atoms with Crippen LogP contribution in [0.2, 0.25) is 0 Å². The van der Waals surface area contributed by atoms with E-state index in [0.717, 1.165) is 24.2 Å². The molecular formula is C27H29N5O2. The first-order valence-corrected chi connectivity index (χ1v) is 11.8. The van der Waals surface area contributed by atoms with Crippen molar-refractivity contribution >= 4 is 11.6 Å². The van der Waals surface area contributed by atoms with Crippen molar-refractivity contribution in [2.24, 2.45) is 5.92 Å². The third-order valence-corrected chi connectivity index (χ3v) is 7.31. The van der Waals surface area contributed by atoms with Crippen molar-refractivity contribution in [3.05, 3.63) is 72.2 Å². The minimum Gasteiger partial charge on any atom is -0.393 e. The van der Waals surface area contributed by atoms with E-state index in [-0.39, 0.29) is 17.9 Å². The smallest absolute Gasteiger partial charge is 0.242 e. The number of likely N-dealkylation sites (N-methyl/N-ethyl adjacent to an activating group) is 1. The topological polar surface area (TPSA) is 85.4 Å². The summed E-state index contributed by atoms with van der Waals surface area (Å²) in [7, 11) is 1.89. The van der Waals surface area contributed by atoms with Crippen LogP contribution >= 0.6 is 0 Å². The molecule has 0 radical (unpaired) electrons. The summed E-state index contributed by atoms with van der Waals surface area (Å²) in [6.07, 6.45) is 5.59. The molecule has 2 aromatic carbocycles. The number of hydrogen-bond donors (Lipinski definition) is 1. The Labute approximate surface area is 199 Å². The van der Waals surface area contributed by atoms with Crippen LogP contribution in [0.4, 0.5) is 5.69 Å². The minimum absolute atomic E-state index is 0.0903. The van der Waals surface area contributed by atoms with Crippen LogP contribution in [0.25, 0.3) is 11.3 Å². The summed E-state index contributed by atoms with van der Waals surface area (Å²) >= 11 is 0. The van der Waals surface area contributed by atoms with Gasteiger partial charge in [0.2, 0.25) is 5.91 Å². The number of fused-ring (bicyclic) bond motifs is 3. The molecule has 3 aromatic rings. The fourth-order valence-corrected chi connectivity index (χ4v) is 5.31. The first-order chi connectivity index (χ1) is 16.5. The van der Waals surface area contributed by atoms with E-state index in [0.29, 0.717) is 31.6 Å². The first-order valence-electron chi connectivity index (χ1n) is 11.8. The fourth-order valence-electron chi connectivity index (χ4n) is 5.31. The summed E-state index contributed by atoms with van der Waals surface area (Å²) in [5, 5.41) is 20.1. The van der Waals surface area contributed by atoms with E-state index in [1.807, 2.05) is 47.6 Å². The number of likely N-dealkylation sites (tertiary alicyclic amines) is 1. The zero-order valence-electron chi connectivity index (χ0n) is 19.3. The molecule has 2 aliphatic rings. The van der Waals surface area contributed by atoms with Gasteiger partial charge in [0.15, 0.2) is 0 Å². The van der Waals surface area contributed by atoms with Crippen LogP contribution in [0.3, 0.4) is 0 Å². The zero-order valence-corrected chi connectivity index (χ0v) is 19.3. The second-order valence-corrected chi connectivity index (χ2v) is 9.33. The molecule has 7 nitrogen and oxygen atoms in total. The monoisotopic (exact) mass is 455 g/mol. The van der Waals surface area contributed by atoms with E-state index < -0.39 is 6.10 Å². The lowest BCUT2D eigenvalue weighted by molar-refractivity contribution is -0.131. The Balaban J connectivity index is 1.15. The maximum absolute atomic E-state index is 12.9. The van der Waals surface area contributed by atoms with Crippen molar-refractivity contribution in [3.8, 4) is 17.3 Å². The van der Waals surface area contributed by atoms with Crippen LogP contribution in [0, 0.1) is 17.2 Å². The van der Waals surface area contributed by atoms with E-state index >= 15 is 0 Å². The molecule has 5 rings (SSSR count). The van der Waals surface area contributed by atoms with Crippen molar-refractivity contribution in [1.82, 2.24) is 14.5 Å². The molecule has 34 heavy (non-hydrogen) atoms. The Hall–Kier alpha value is -3.63. The fraction of sp³-hybridized carbons (Fsp3) is 0.370. The van der Waals surface area contributed by atoms with Gasteiger partial charge in [-0.2, -0.15) is 5.26 Å². The van der Waals surface area contributed by atoms with Gasteiger partial charge in [0.1, 0.15) is 0 Å². The molecule has 1 aromatic heterocycles. The van der Waals surface area contributed by atoms with Crippen LogP contribution in [-0.4, -0.2) is 58.3 Å². The number of nitriles is 1. The van der Waals surface area contributed by atoms with E-state index in [1.54, 1.807) is 12.1 Å². The summed E-state index contributed by atoms with van der Waals surface area (Å²) in [5.41, 5.74) is 5.07. The van der Waals surface area contributed by atoms with Crippen molar-refractivity contribution < 1.29 is 9.90 Å². The zero-order chi connectivity index (χ0) is 23.7. The summed E-state index contributed by atoms with van der Waals surface area (Å²) in [6, 6.07) is 17.8. The molecule has 174 valence electrons. The molecule has 1 N–H and O–H groups in total. The van der Waals surface area contributed by atoms with Crippen molar-refractivity contribution in [2.75, 3.05) is 31.6 Å². The van der Waals surface area contributed by atoms with Gasteiger partial charge in [-0.15, -0.1) is 0 Å². The molecule has 1 amide bonds. The Morgan fingerprint density at radius 3 is 2.68 bits per heavy atom. The van der Waals surface area contributed by atoms with Gasteiger partial charge < -0.3 is 19.5 Å². The molecule has 2 aliphatic heterocycles. The standard InChI is InChI=1S/C27H29N5O2/c1-30(21-8-6-19(15-28)7-9-21)17-27(34)31-12-10-20(11-13-31)26(33)14-24-22-4-2-3-5-23(22)25-16-29-18-32(24)25/h2-9,16,18,20,24,26,33H,10-14,17H2,1H3. The van der Waals surface area contributed by atoms with Gasteiger partial charge in [-0.25, -0.2) is 4.98 Å². The average molecular weight is 456 g/mol. The van der Waals surface area contributed by atoms with Crippen LogP contribution in [-0.2, 0) is 4.79 Å². The highest BCUT2D eigenvalue weighted by Crippen LogP contribution is 2.42. The lowest BCUT2D eigenvalue weighted by Gasteiger charge is -2.36. The van der Waals surface area contributed by atoms with Gasteiger partial charge in [-0.05, 0) is 55.0 Å². The van der Waals surface area contributed by atoms with Gasteiger partial charge in [-0.3, -0.25) is 4.79 Å². The maximum Gasteiger partial charge on any atom is 0.242 e. The van der Waals surface area contributed by atoms with Gasteiger partial charge in [0.05, 0.1) is 48.5 Å². The van der Waals surface area contributed by atoms with Gasteiger partial charge in [-0.1, -0.05) is 24.3 Å². The second kappa shape index (κ2) is 9.32. The van der Waals surface area contributed by atoms with Gasteiger partial charge in [0.25, 0.3) is 0 Å². The Morgan fingerprint density at radius 2 is 1.94 bits per heavy atom. The number of nitrogens with zero attached hydrogens (tertiary/aromatic N) is 5. The predicted molar refractivity (Wildman–Crippen MR) is 130 cm³/mol. The molecule has 7 heteroatoms. The largest absolute Gasteiger partial charge is 0.393 e. The van der Waals surface area contributed by atoms with Crippen molar-refractivity contribution in [3.63, 3.8) is 0 Å². The number of anilines is 1. The summed E-state index contributed by atoms with van der Waals surface area (Å²) in [5.74, 6) is 0.271. The number of imidazole rings is 1. The molecule has 3 heterocycles. The van der Waals surface area contributed by atoms with E-state index in [1.165, 1.54) is 11.1 Å². The SMILES string of the molecule is CN(CC(=O)N1CCC(C(O)CC2c3ccccc3-c3cncn32)CC1)c1ccc(C#N)cc1. The summed E-state index contributed by atoms with van der Waals surface area (Å²) in [6.45, 7) is 1.63. The number of piperidine rings is 1. The number of aliphatic hydroxyl groups is 1. The third-order valence-electron chi connectivity index (χ3n) is 7.31. The lowest BCUT2D eigenvalue weighted by atomic mass is 9.86. The highest BCUT2D eigenvalue weighted by atomic mass is 16.3. The Bertz CT molecular complexity index is 1200. The minimum atomic E-state index is -0.426. The first kappa shape index (κ1) is 22.2. The molecule has 1 fully saturated rings. The average Bonchev–Trinajstić information content (AvgIpc) is 3.46. The number of carbonyl (C=O) groups excluding carboxylic acids is 1. The lowest BCUT2D eigenvalue weighted by Crippen LogP contribution is -2.45. The number of aliphatic hydroxyl groups excluding tert-OH is 1. The highest BCUT2D eigenvalue weighted by Gasteiger charge is 2.34. The van der Waals surface area contributed by atoms with E-state index in [4.69, 9.17) is 5.26 Å². The number of rotatable bonds is 6. The van der Waals surface area contributed by atoms with Crippen LogP contribution in [0.5, 0.6) is 0 Å².